The van der Waals surface area contributed by atoms with E-state index in [4.69, 9.17) is 4.42 Å². The second-order valence-electron chi connectivity index (χ2n) is 8.16. The van der Waals surface area contributed by atoms with Gasteiger partial charge in [0.2, 0.25) is 15.9 Å². The molecule has 2 heterocycles. The molecule has 1 aliphatic heterocycles. The Balaban J connectivity index is 1.33. The summed E-state index contributed by atoms with van der Waals surface area (Å²) in [7, 11) is -3.51. The van der Waals surface area contributed by atoms with Crippen LogP contribution in [-0.4, -0.2) is 36.7 Å². The lowest BCUT2D eigenvalue weighted by Gasteiger charge is -2.15. The number of hydrogen-bond donors (Lipinski definition) is 1. The van der Waals surface area contributed by atoms with Crippen LogP contribution in [0.3, 0.4) is 0 Å². The van der Waals surface area contributed by atoms with Crippen LogP contribution in [0.15, 0.2) is 76.0 Å². The van der Waals surface area contributed by atoms with Gasteiger partial charge in [-0.15, -0.1) is 0 Å². The number of nitrogens with zero attached hydrogens (tertiary/aromatic N) is 2. The number of carbonyl (C=O) groups excluding carboxylic acids is 1. The van der Waals surface area contributed by atoms with Crippen molar-refractivity contribution in [2.24, 2.45) is 0 Å². The van der Waals surface area contributed by atoms with Gasteiger partial charge in [0.1, 0.15) is 5.52 Å². The van der Waals surface area contributed by atoms with Gasteiger partial charge in [-0.25, -0.2) is 13.4 Å². The number of nitrogens with one attached hydrogen (secondary N) is 1. The van der Waals surface area contributed by atoms with Crippen LogP contribution in [0.2, 0.25) is 0 Å². The van der Waals surface area contributed by atoms with E-state index >= 15 is 0 Å². The summed E-state index contributed by atoms with van der Waals surface area (Å²) in [6.45, 7) is 3.09. The zero-order chi connectivity index (χ0) is 23.0. The number of aromatic nitrogens is 1. The summed E-state index contributed by atoms with van der Waals surface area (Å²) in [5, 5.41) is 2.84. The summed E-state index contributed by atoms with van der Waals surface area (Å²) < 4.78 is 32.7. The van der Waals surface area contributed by atoms with Crippen LogP contribution < -0.4 is 5.32 Å². The van der Waals surface area contributed by atoms with Gasteiger partial charge in [-0.1, -0.05) is 17.7 Å². The number of oxazole rings is 1. The zero-order valence-corrected chi connectivity index (χ0v) is 18.9. The minimum atomic E-state index is -3.51. The maximum Gasteiger partial charge on any atom is 0.255 e. The van der Waals surface area contributed by atoms with E-state index in [9.17, 15) is 13.2 Å². The van der Waals surface area contributed by atoms with Crippen molar-refractivity contribution in [3.05, 3.63) is 77.9 Å². The first-order valence-corrected chi connectivity index (χ1v) is 12.2. The maximum absolute atomic E-state index is 12.7. The van der Waals surface area contributed by atoms with Gasteiger partial charge in [0.25, 0.3) is 5.91 Å². The third-order valence-corrected chi connectivity index (χ3v) is 7.64. The number of benzene rings is 3. The fourth-order valence-corrected chi connectivity index (χ4v) is 5.48. The Kier molecular flexibility index (Phi) is 5.47. The van der Waals surface area contributed by atoms with Crippen LogP contribution in [0.4, 0.5) is 5.69 Å². The summed E-state index contributed by atoms with van der Waals surface area (Å²) in [4.78, 5) is 17.4. The summed E-state index contributed by atoms with van der Waals surface area (Å²) in [5.74, 6) is 0.185. The highest BCUT2D eigenvalue weighted by atomic mass is 32.2. The van der Waals surface area contributed by atoms with E-state index in [0.717, 1.165) is 24.0 Å². The van der Waals surface area contributed by atoms with Crippen LogP contribution in [0.5, 0.6) is 0 Å². The van der Waals surface area contributed by atoms with Crippen molar-refractivity contribution >= 4 is 32.7 Å². The van der Waals surface area contributed by atoms with Gasteiger partial charge in [0, 0.05) is 36.0 Å². The molecule has 1 N–H and O–H groups in total. The van der Waals surface area contributed by atoms with Crippen molar-refractivity contribution in [3.8, 4) is 11.5 Å². The molecule has 4 aromatic rings. The van der Waals surface area contributed by atoms with Crippen molar-refractivity contribution in [2.45, 2.75) is 24.7 Å². The topological polar surface area (TPSA) is 92.5 Å². The Labute approximate surface area is 192 Å². The number of amides is 1. The summed E-state index contributed by atoms with van der Waals surface area (Å²) >= 11 is 0. The normalized spacial score (nSPS) is 14.6. The van der Waals surface area contributed by atoms with Crippen molar-refractivity contribution in [1.29, 1.82) is 0 Å². The molecule has 0 saturated carbocycles. The van der Waals surface area contributed by atoms with Crippen molar-refractivity contribution < 1.29 is 17.6 Å². The second-order valence-corrected chi connectivity index (χ2v) is 10.1. The lowest BCUT2D eigenvalue weighted by atomic mass is 10.1. The molecular formula is C25H23N3O4S. The lowest BCUT2D eigenvalue weighted by Crippen LogP contribution is -2.27. The van der Waals surface area contributed by atoms with Crippen LogP contribution in [0, 0.1) is 6.92 Å². The lowest BCUT2D eigenvalue weighted by molar-refractivity contribution is 0.102. The predicted octanol–water partition coefficient (Wildman–Crippen LogP) is 4.84. The summed E-state index contributed by atoms with van der Waals surface area (Å²) in [6.07, 6.45) is 1.75. The molecule has 0 bridgehead atoms. The maximum atomic E-state index is 12.7. The third-order valence-electron chi connectivity index (χ3n) is 5.73. The van der Waals surface area contributed by atoms with E-state index in [1.807, 2.05) is 31.2 Å². The smallest absolute Gasteiger partial charge is 0.255 e. The average Bonchev–Trinajstić information content (AvgIpc) is 3.49. The fraction of sp³-hybridized carbons (Fsp3) is 0.200. The summed E-state index contributed by atoms with van der Waals surface area (Å²) in [6, 6.07) is 19.2. The van der Waals surface area contributed by atoms with E-state index in [1.54, 1.807) is 18.2 Å². The number of hydrogen-bond acceptors (Lipinski definition) is 5. The minimum Gasteiger partial charge on any atom is -0.436 e. The fourth-order valence-electron chi connectivity index (χ4n) is 3.96. The van der Waals surface area contributed by atoms with E-state index in [0.29, 0.717) is 41.3 Å². The Bertz CT molecular complexity index is 1440. The van der Waals surface area contributed by atoms with Crippen LogP contribution in [0.1, 0.15) is 28.8 Å². The Morgan fingerprint density at radius 3 is 2.48 bits per heavy atom. The molecule has 8 heteroatoms. The number of carbonyl (C=O) groups is 1. The van der Waals surface area contributed by atoms with E-state index in [2.05, 4.69) is 10.3 Å². The van der Waals surface area contributed by atoms with Crippen LogP contribution in [-0.2, 0) is 10.0 Å². The largest absolute Gasteiger partial charge is 0.436 e. The Morgan fingerprint density at radius 1 is 1.00 bits per heavy atom. The van der Waals surface area contributed by atoms with E-state index < -0.39 is 10.0 Å². The molecule has 33 heavy (non-hydrogen) atoms. The molecule has 1 aromatic heterocycles. The van der Waals surface area contributed by atoms with Gasteiger partial charge < -0.3 is 9.73 Å². The molecule has 1 aliphatic rings. The minimum absolute atomic E-state index is 0.202. The average molecular weight is 462 g/mol. The predicted molar refractivity (Wildman–Crippen MR) is 127 cm³/mol. The quantitative estimate of drug-likeness (QED) is 0.459. The molecule has 7 nitrogen and oxygen atoms in total. The Hall–Kier alpha value is -3.49. The molecule has 0 unspecified atom stereocenters. The molecular weight excluding hydrogens is 438 g/mol. The van der Waals surface area contributed by atoms with Gasteiger partial charge in [-0.2, -0.15) is 4.31 Å². The van der Waals surface area contributed by atoms with Gasteiger partial charge in [0.05, 0.1) is 4.90 Å². The first-order valence-electron chi connectivity index (χ1n) is 10.8. The molecule has 0 radical (unpaired) electrons. The highest BCUT2D eigenvalue weighted by molar-refractivity contribution is 7.89. The zero-order valence-electron chi connectivity index (χ0n) is 18.1. The highest BCUT2D eigenvalue weighted by Crippen LogP contribution is 2.27. The number of anilines is 1. The van der Waals surface area contributed by atoms with E-state index in [-0.39, 0.29) is 10.8 Å². The number of rotatable bonds is 5. The molecule has 168 valence electrons. The molecule has 0 aliphatic carbocycles. The molecule has 1 fully saturated rings. The number of aryl methyl sites for hydroxylation is 1. The third kappa shape index (κ3) is 4.27. The van der Waals surface area contributed by atoms with Crippen molar-refractivity contribution in [1.82, 2.24) is 9.29 Å². The standard InChI is InChI=1S/C25H23N3O4S/c1-17-5-4-6-19(15-17)25-27-22-12-9-20(16-23(22)32-25)26-24(29)18-7-10-21(11-8-18)33(30,31)28-13-2-3-14-28/h4-12,15-16H,2-3,13-14H2,1H3,(H,26,29). The first kappa shape index (κ1) is 21.4. The first-order chi connectivity index (χ1) is 15.9. The molecule has 1 saturated heterocycles. The van der Waals surface area contributed by atoms with Gasteiger partial charge in [-0.3, -0.25) is 4.79 Å². The molecule has 0 spiro atoms. The number of sulfonamides is 1. The molecule has 3 aromatic carbocycles. The highest BCUT2D eigenvalue weighted by Gasteiger charge is 2.27. The van der Waals surface area contributed by atoms with Crippen molar-refractivity contribution in [2.75, 3.05) is 18.4 Å². The van der Waals surface area contributed by atoms with Gasteiger partial charge >= 0.3 is 0 Å². The van der Waals surface area contributed by atoms with Crippen LogP contribution in [0.25, 0.3) is 22.6 Å². The molecule has 1 amide bonds. The monoisotopic (exact) mass is 461 g/mol. The van der Waals surface area contributed by atoms with Crippen molar-refractivity contribution in [3.63, 3.8) is 0 Å². The Morgan fingerprint density at radius 2 is 1.76 bits per heavy atom. The van der Waals surface area contributed by atoms with E-state index in [1.165, 1.54) is 28.6 Å². The molecule has 5 rings (SSSR count). The van der Waals surface area contributed by atoms with Gasteiger partial charge in [0.15, 0.2) is 5.58 Å². The van der Waals surface area contributed by atoms with Gasteiger partial charge in [-0.05, 0) is 68.3 Å². The SMILES string of the molecule is Cc1cccc(-c2nc3ccc(NC(=O)c4ccc(S(=O)(=O)N5CCCC5)cc4)cc3o2)c1. The summed E-state index contributed by atoms with van der Waals surface area (Å²) in [5.41, 5.74) is 4.20. The van der Waals surface area contributed by atoms with Crippen LogP contribution >= 0.6 is 0 Å². The molecule has 0 atom stereocenters. The number of fused-ring (bicyclic) bond motifs is 1. The second kappa shape index (κ2) is 8.46.